The Morgan fingerprint density at radius 1 is 0.931 bits per heavy atom. The Morgan fingerprint density at radius 2 is 1.41 bits per heavy atom. The van der Waals surface area contributed by atoms with Gasteiger partial charge in [-0.25, -0.2) is 42.1 Å². The molecule has 1 rings (SSSR count). The van der Waals surface area contributed by atoms with Crippen molar-refractivity contribution in [1.82, 2.24) is 14.5 Å². The van der Waals surface area contributed by atoms with Crippen LogP contribution in [0.5, 0.6) is 0 Å². The number of nitrogens with zero attached hydrogens (tertiary/aromatic N) is 2. The molecule has 0 bridgehead atoms. The molecule has 0 aliphatic heterocycles. The minimum Gasteiger partial charge on any atom is -0.465 e. The molecule has 0 heterocycles. The van der Waals surface area contributed by atoms with E-state index < -0.39 is 59.9 Å². The van der Waals surface area contributed by atoms with Gasteiger partial charge in [0.1, 0.15) is 0 Å². The number of carboxylic acid groups (broad SMARTS) is 4. The third kappa shape index (κ3) is 6.62. The lowest BCUT2D eigenvalue weighted by Gasteiger charge is -2.28. The van der Waals surface area contributed by atoms with E-state index in [0.29, 0.717) is 0 Å². The van der Waals surface area contributed by atoms with Crippen LogP contribution in [0.3, 0.4) is 0 Å². The predicted octanol–water partition coefficient (Wildman–Crippen LogP) is 1.35. The van der Waals surface area contributed by atoms with Crippen LogP contribution in [0.15, 0.2) is 29.2 Å². The van der Waals surface area contributed by atoms with E-state index in [2.05, 4.69) is 4.72 Å². The molecule has 13 nitrogen and oxygen atoms in total. The first kappa shape index (κ1) is 23.6. The molecule has 29 heavy (non-hydrogen) atoms. The summed E-state index contributed by atoms with van der Waals surface area (Å²) in [7, 11) is -4.01. The van der Waals surface area contributed by atoms with Crippen molar-refractivity contribution in [2.24, 2.45) is 0 Å². The fourth-order valence-corrected chi connectivity index (χ4v) is 3.35. The molecule has 1 aromatic rings. The Balaban J connectivity index is 3.00. The Hall–Kier alpha value is -3.39. The summed E-state index contributed by atoms with van der Waals surface area (Å²) in [4.78, 5) is 44.0. The zero-order chi connectivity index (χ0) is 22.4. The highest BCUT2D eigenvalue weighted by Crippen LogP contribution is 2.12. The average Bonchev–Trinajstić information content (AvgIpc) is 2.58. The predicted molar refractivity (Wildman–Crippen MR) is 95.4 cm³/mol. The second-order valence-electron chi connectivity index (χ2n) is 5.76. The first-order valence-electron chi connectivity index (χ1n) is 7.91. The highest BCUT2D eigenvalue weighted by Gasteiger charge is 2.34. The minimum atomic E-state index is -4.01. The number of aryl methyl sites for hydroxylation is 1. The van der Waals surface area contributed by atoms with E-state index in [1.54, 1.807) is 19.1 Å². The summed E-state index contributed by atoms with van der Waals surface area (Å²) >= 11 is 0. The highest BCUT2D eigenvalue weighted by atomic mass is 32.2. The van der Waals surface area contributed by atoms with E-state index in [4.69, 9.17) is 20.4 Å². The third-order valence-corrected chi connectivity index (χ3v) is 5.21. The summed E-state index contributed by atoms with van der Waals surface area (Å²) in [6.07, 6.45) is -8.35. The van der Waals surface area contributed by atoms with E-state index in [0.717, 1.165) is 5.56 Å². The minimum absolute atomic E-state index is 0.0920. The molecule has 0 saturated carbocycles. The van der Waals surface area contributed by atoms with Gasteiger partial charge in [-0.1, -0.05) is 17.7 Å². The topological polar surface area (TPSA) is 202 Å². The van der Waals surface area contributed by atoms with Crippen molar-refractivity contribution >= 4 is 34.4 Å². The molecule has 1 unspecified atom stereocenters. The van der Waals surface area contributed by atoms with E-state index in [-0.39, 0.29) is 14.7 Å². The van der Waals surface area contributed by atoms with E-state index in [9.17, 15) is 27.6 Å². The van der Waals surface area contributed by atoms with Gasteiger partial charge < -0.3 is 20.4 Å². The van der Waals surface area contributed by atoms with Crippen LogP contribution in [0.4, 0.5) is 19.2 Å². The molecule has 14 heteroatoms. The van der Waals surface area contributed by atoms with E-state index >= 15 is 0 Å². The van der Waals surface area contributed by atoms with E-state index in [1.165, 1.54) is 12.1 Å². The highest BCUT2D eigenvalue weighted by molar-refractivity contribution is 7.89. The van der Waals surface area contributed by atoms with Crippen LogP contribution in [-0.4, -0.2) is 82.1 Å². The molecule has 0 aliphatic rings. The van der Waals surface area contributed by atoms with Gasteiger partial charge in [0.15, 0.2) is 0 Å². The number of nitrogens with one attached hydrogen (secondary N) is 1. The second kappa shape index (κ2) is 9.70. The number of rotatable bonds is 8. The Labute approximate surface area is 164 Å². The maximum atomic E-state index is 12.2. The molecule has 0 aromatic heterocycles. The molecule has 0 aliphatic carbocycles. The molecule has 0 radical (unpaired) electrons. The van der Waals surface area contributed by atoms with Crippen molar-refractivity contribution in [2.75, 3.05) is 13.1 Å². The number of hydrogen-bond donors (Lipinski definition) is 5. The standard InChI is InChI=1S/C15H19N3O10S/c1-9-2-4-11(5-3-9)29(27,28)16-7-6-10(18(14(23)24)15(25)26)8-17(12(19)20)13(21)22/h2-5,10,16H,6-8H2,1H3,(H,19,20)(H,21,22)(H,23,24)(H,25,26). The van der Waals surface area contributed by atoms with Crippen LogP contribution < -0.4 is 4.72 Å². The Kier molecular flexibility index (Phi) is 7.91. The third-order valence-electron chi connectivity index (χ3n) is 3.73. The normalized spacial score (nSPS) is 12.0. The molecule has 1 atom stereocenters. The molecule has 0 saturated heterocycles. The molecule has 1 aromatic carbocycles. The van der Waals surface area contributed by atoms with Crippen molar-refractivity contribution in [3.8, 4) is 0 Å². The smallest absolute Gasteiger partial charge is 0.417 e. The van der Waals surface area contributed by atoms with Crippen molar-refractivity contribution in [2.45, 2.75) is 24.3 Å². The van der Waals surface area contributed by atoms with Gasteiger partial charge in [0, 0.05) is 6.54 Å². The van der Waals surface area contributed by atoms with Crippen molar-refractivity contribution in [3.63, 3.8) is 0 Å². The second-order valence-corrected chi connectivity index (χ2v) is 7.53. The summed E-state index contributed by atoms with van der Waals surface area (Å²) in [5, 5.41) is 35.9. The van der Waals surface area contributed by atoms with Gasteiger partial charge >= 0.3 is 24.4 Å². The van der Waals surface area contributed by atoms with Crippen LogP contribution in [0, 0.1) is 6.92 Å². The number of sulfonamides is 1. The van der Waals surface area contributed by atoms with Crippen molar-refractivity contribution in [1.29, 1.82) is 0 Å². The average molecular weight is 433 g/mol. The van der Waals surface area contributed by atoms with Crippen LogP contribution >= 0.6 is 0 Å². The molecule has 0 fully saturated rings. The summed E-state index contributed by atoms with van der Waals surface area (Å²) in [6.45, 7) is 0.234. The quantitative estimate of drug-likeness (QED) is 0.398. The number of amides is 4. The fraction of sp³-hybridized carbons (Fsp3) is 0.333. The lowest BCUT2D eigenvalue weighted by molar-refractivity contribution is 0.0825. The monoisotopic (exact) mass is 433 g/mol. The number of imide groups is 2. The Morgan fingerprint density at radius 3 is 1.83 bits per heavy atom. The Bertz CT molecular complexity index is 856. The fourth-order valence-electron chi connectivity index (χ4n) is 2.31. The van der Waals surface area contributed by atoms with Crippen LogP contribution in [0.1, 0.15) is 12.0 Å². The van der Waals surface area contributed by atoms with Gasteiger partial charge in [0.2, 0.25) is 10.0 Å². The lowest BCUT2D eigenvalue weighted by atomic mass is 10.1. The molecule has 4 amide bonds. The van der Waals surface area contributed by atoms with E-state index in [1.807, 2.05) is 0 Å². The zero-order valence-corrected chi connectivity index (χ0v) is 15.9. The van der Waals surface area contributed by atoms with Gasteiger partial charge in [-0.05, 0) is 25.5 Å². The summed E-state index contributed by atoms with van der Waals surface area (Å²) in [5.41, 5.74) is 0.810. The molecule has 160 valence electrons. The SMILES string of the molecule is Cc1ccc(S(=O)(=O)NCCC(CN(C(=O)O)C(=O)O)N(C(=O)O)C(=O)O)cc1. The lowest BCUT2D eigenvalue weighted by Crippen LogP contribution is -2.52. The zero-order valence-electron chi connectivity index (χ0n) is 15.0. The maximum absolute atomic E-state index is 12.2. The van der Waals surface area contributed by atoms with Gasteiger partial charge in [0.25, 0.3) is 0 Å². The first-order valence-corrected chi connectivity index (χ1v) is 9.40. The molecular weight excluding hydrogens is 414 g/mol. The van der Waals surface area contributed by atoms with Gasteiger partial charge in [-0.15, -0.1) is 0 Å². The van der Waals surface area contributed by atoms with Gasteiger partial charge in [-0.2, -0.15) is 0 Å². The van der Waals surface area contributed by atoms with Gasteiger partial charge in [0.05, 0.1) is 17.5 Å². The van der Waals surface area contributed by atoms with Crippen LogP contribution in [0.2, 0.25) is 0 Å². The number of benzene rings is 1. The largest absolute Gasteiger partial charge is 0.465 e. The van der Waals surface area contributed by atoms with Crippen LogP contribution in [0.25, 0.3) is 0 Å². The van der Waals surface area contributed by atoms with Crippen molar-refractivity contribution in [3.05, 3.63) is 29.8 Å². The molecule has 0 spiro atoms. The molecular formula is C15H19N3O10S. The first-order chi connectivity index (χ1) is 13.4. The summed E-state index contributed by atoms with van der Waals surface area (Å²) in [5.74, 6) is 0. The van der Waals surface area contributed by atoms with Gasteiger partial charge in [-0.3, -0.25) is 0 Å². The van der Waals surface area contributed by atoms with Crippen molar-refractivity contribution < 1.29 is 48.0 Å². The summed E-state index contributed by atoms with van der Waals surface area (Å²) < 4.78 is 26.6. The molecule has 5 N–H and O–H groups in total. The van der Waals surface area contributed by atoms with Crippen LogP contribution in [-0.2, 0) is 10.0 Å². The maximum Gasteiger partial charge on any atom is 0.417 e. The number of hydrogen-bond acceptors (Lipinski definition) is 6. The summed E-state index contributed by atoms with van der Waals surface area (Å²) in [6, 6.07) is 4.06. The number of carbonyl (C=O) groups is 4.